The second-order valence-corrected chi connectivity index (χ2v) is 3.39. The topological polar surface area (TPSA) is 20.3 Å². The van der Waals surface area contributed by atoms with Crippen LogP contribution in [0.3, 0.4) is 0 Å². The second kappa shape index (κ2) is 4.28. The zero-order chi connectivity index (χ0) is 7.40. The van der Waals surface area contributed by atoms with Crippen molar-refractivity contribution in [2.45, 2.75) is 12.8 Å². The minimum atomic E-state index is 0.346. The van der Waals surface area contributed by atoms with Crippen molar-refractivity contribution in [1.82, 2.24) is 4.90 Å². The van der Waals surface area contributed by atoms with Gasteiger partial charge in [0.15, 0.2) is 0 Å². The number of piperidine rings is 1. The fourth-order valence-corrected chi connectivity index (χ4v) is 1.89. The molecule has 1 aliphatic rings. The lowest BCUT2D eigenvalue weighted by atomic mass is 9.99. The van der Waals surface area contributed by atoms with Crippen molar-refractivity contribution in [3.05, 3.63) is 0 Å². The molecule has 1 heterocycles. The Bertz CT molecular complexity index is 110. The molecule has 0 aliphatic carbocycles. The molecule has 10 heavy (non-hydrogen) atoms. The van der Waals surface area contributed by atoms with Gasteiger partial charge in [0.1, 0.15) is 6.29 Å². The maximum atomic E-state index is 10.3. The van der Waals surface area contributed by atoms with Crippen molar-refractivity contribution in [3.63, 3.8) is 0 Å². The minimum Gasteiger partial charge on any atom is -0.303 e. The highest BCUT2D eigenvalue weighted by Gasteiger charge is 2.16. The number of carbonyl (C=O) groups is 1. The van der Waals surface area contributed by atoms with Crippen LogP contribution in [0.25, 0.3) is 0 Å². The molecule has 0 bridgehead atoms. The third kappa shape index (κ3) is 2.20. The van der Waals surface area contributed by atoms with Gasteiger partial charge in [0, 0.05) is 5.92 Å². The van der Waals surface area contributed by atoms with E-state index in [4.69, 9.17) is 0 Å². The van der Waals surface area contributed by atoms with Gasteiger partial charge in [-0.3, -0.25) is 4.90 Å². The molecule has 0 spiro atoms. The van der Waals surface area contributed by atoms with Gasteiger partial charge in [-0.15, -0.1) is 0 Å². The molecule has 0 unspecified atom stereocenters. The smallest absolute Gasteiger partial charge is 0.123 e. The summed E-state index contributed by atoms with van der Waals surface area (Å²) in [7, 11) is 0. The molecule has 0 N–H and O–H groups in total. The fraction of sp³-hybridized carbons (Fsp3) is 0.857. The molecule has 0 saturated carbocycles. The van der Waals surface area contributed by atoms with Gasteiger partial charge in [-0.1, -0.05) is 22.6 Å². The Morgan fingerprint density at radius 3 is 2.50 bits per heavy atom. The standard InChI is InChI=1S/C7H12INO/c8-6-9-3-1-7(5-10)2-4-9/h5,7H,1-4,6H2. The van der Waals surface area contributed by atoms with Gasteiger partial charge in [0.25, 0.3) is 0 Å². The van der Waals surface area contributed by atoms with E-state index >= 15 is 0 Å². The molecule has 1 aliphatic heterocycles. The fourth-order valence-electron chi connectivity index (χ4n) is 1.21. The van der Waals surface area contributed by atoms with Crippen LogP contribution in [0.4, 0.5) is 0 Å². The van der Waals surface area contributed by atoms with Gasteiger partial charge in [0.05, 0.1) is 4.55 Å². The first-order chi connectivity index (χ1) is 4.86. The van der Waals surface area contributed by atoms with E-state index in [1.807, 2.05) is 0 Å². The van der Waals surface area contributed by atoms with E-state index in [2.05, 4.69) is 27.5 Å². The van der Waals surface area contributed by atoms with Crippen LogP contribution >= 0.6 is 22.6 Å². The van der Waals surface area contributed by atoms with Crippen LogP contribution in [0.1, 0.15) is 12.8 Å². The Morgan fingerprint density at radius 1 is 1.50 bits per heavy atom. The molecule has 0 amide bonds. The van der Waals surface area contributed by atoms with Gasteiger partial charge in [0.2, 0.25) is 0 Å². The van der Waals surface area contributed by atoms with E-state index in [9.17, 15) is 4.79 Å². The van der Waals surface area contributed by atoms with Crippen LogP contribution in [0, 0.1) is 5.92 Å². The molecule has 58 valence electrons. The summed E-state index contributed by atoms with van der Waals surface area (Å²) >= 11 is 2.36. The first-order valence-corrected chi connectivity index (χ1v) is 5.13. The molecule has 0 radical (unpaired) electrons. The number of rotatable bonds is 2. The molecule has 1 fully saturated rings. The molecular formula is C7H12INO. The summed E-state index contributed by atoms with van der Waals surface area (Å²) in [5, 5.41) is 0. The van der Waals surface area contributed by atoms with Gasteiger partial charge >= 0.3 is 0 Å². The number of alkyl halides is 1. The summed E-state index contributed by atoms with van der Waals surface area (Å²) in [5.74, 6) is 0.346. The highest BCUT2D eigenvalue weighted by Crippen LogP contribution is 2.14. The number of aldehydes is 1. The highest BCUT2D eigenvalue weighted by molar-refractivity contribution is 14.1. The Balaban J connectivity index is 2.23. The van der Waals surface area contributed by atoms with Crippen LogP contribution < -0.4 is 0 Å². The van der Waals surface area contributed by atoms with Crippen molar-refractivity contribution >= 4 is 28.9 Å². The predicted molar refractivity (Wildman–Crippen MR) is 49.2 cm³/mol. The van der Waals surface area contributed by atoms with E-state index in [-0.39, 0.29) is 0 Å². The third-order valence-corrected chi connectivity index (χ3v) is 2.96. The molecule has 0 aromatic rings. The monoisotopic (exact) mass is 253 g/mol. The Hall–Kier alpha value is 0.360. The van der Waals surface area contributed by atoms with Crippen molar-refractivity contribution in [1.29, 1.82) is 0 Å². The first-order valence-electron chi connectivity index (χ1n) is 3.60. The number of hydrogen-bond acceptors (Lipinski definition) is 2. The number of halogens is 1. The molecule has 1 rings (SSSR count). The quantitative estimate of drug-likeness (QED) is 0.320. The van der Waals surface area contributed by atoms with Crippen molar-refractivity contribution in [2.75, 3.05) is 17.6 Å². The van der Waals surface area contributed by atoms with Crippen LogP contribution in [-0.4, -0.2) is 28.8 Å². The normalized spacial score (nSPS) is 22.9. The third-order valence-electron chi connectivity index (χ3n) is 1.99. The van der Waals surface area contributed by atoms with Gasteiger partial charge in [-0.25, -0.2) is 0 Å². The van der Waals surface area contributed by atoms with Crippen LogP contribution in [0.15, 0.2) is 0 Å². The first kappa shape index (κ1) is 8.46. The summed E-state index contributed by atoms with van der Waals surface area (Å²) in [5.41, 5.74) is 0. The van der Waals surface area contributed by atoms with E-state index < -0.39 is 0 Å². The lowest BCUT2D eigenvalue weighted by molar-refractivity contribution is -0.112. The van der Waals surface area contributed by atoms with Crippen LogP contribution in [-0.2, 0) is 4.79 Å². The molecule has 3 heteroatoms. The van der Waals surface area contributed by atoms with Crippen LogP contribution in [0.5, 0.6) is 0 Å². The summed E-state index contributed by atoms with van der Waals surface area (Å²) in [6, 6.07) is 0. The zero-order valence-corrected chi connectivity index (χ0v) is 8.08. The van der Waals surface area contributed by atoms with Gasteiger partial charge in [-0.2, -0.15) is 0 Å². The number of hydrogen-bond donors (Lipinski definition) is 0. The SMILES string of the molecule is O=CC1CCN(CI)CC1. The Kier molecular flexibility index (Phi) is 3.62. The summed E-state index contributed by atoms with van der Waals surface area (Å²) in [6.45, 7) is 2.21. The maximum Gasteiger partial charge on any atom is 0.123 e. The summed E-state index contributed by atoms with van der Waals surface area (Å²) in [6.07, 6.45) is 3.23. The van der Waals surface area contributed by atoms with Crippen molar-refractivity contribution in [3.8, 4) is 0 Å². The minimum absolute atomic E-state index is 0.346. The molecule has 0 atom stereocenters. The number of carbonyl (C=O) groups excluding carboxylic acids is 1. The van der Waals surface area contributed by atoms with Gasteiger partial charge < -0.3 is 4.79 Å². The molecular weight excluding hydrogens is 241 g/mol. The molecule has 0 aromatic heterocycles. The van der Waals surface area contributed by atoms with E-state index in [0.29, 0.717) is 5.92 Å². The van der Waals surface area contributed by atoms with E-state index in [1.54, 1.807) is 0 Å². The van der Waals surface area contributed by atoms with E-state index in [1.165, 1.54) is 0 Å². The maximum absolute atomic E-state index is 10.3. The second-order valence-electron chi connectivity index (χ2n) is 2.71. The Morgan fingerprint density at radius 2 is 2.10 bits per heavy atom. The molecule has 2 nitrogen and oxygen atoms in total. The molecule has 1 saturated heterocycles. The average molecular weight is 253 g/mol. The van der Waals surface area contributed by atoms with Crippen molar-refractivity contribution in [2.24, 2.45) is 5.92 Å². The predicted octanol–water partition coefficient (Wildman–Crippen LogP) is 1.29. The largest absolute Gasteiger partial charge is 0.303 e. The average Bonchev–Trinajstić information content (AvgIpc) is 2.05. The zero-order valence-electron chi connectivity index (χ0n) is 5.92. The van der Waals surface area contributed by atoms with Gasteiger partial charge in [-0.05, 0) is 25.9 Å². The van der Waals surface area contributed by atoms with Crippen LogP contribution in [0.2, 0.25) is 0 Å². The summed E-state index contributed by atoms with van der Waals surface area (Å²) in [4.78, 5) is 12.7. The molecule has 0 aromatic carbocycles. The number of likely N-dealkylation sites (tertiary alicyclic amines) is 1. The summed E-state index contributed by atoms with van der Waals surface area (Å²) < 4.78 is 1.10. The Labute approximate surface area is 75.1 Å². The van der Waals surface area contributed by atoms with E-state index in [0.717, 1.165) is 36.8 Å². The lowest BCUT2D eigenvalue weighted by Gasteiger charge is -2.27. The number of nitrogens with zero attached hydrogens (tertiary/aromatic N) is 1. The highest BCUT2D eigenvalue weighted by atomic mass is 127. The lowest BCUT2D eigenvalue weighted by Crippen LogP contribution is -2.32. The van der Waals surface area contributed by atoms with Crippen molar-refractivity contribution < 1.29 is 4.79 Å².